The molecule has 0 radical (unpaired) electrons. The second-order valence-corrected chi connectivity index (χ2v) is 6.88. The van der Waals surface area contributed by atoms with Crippen LogP contribution in [0.5, 0.6) is 11.5 Å². The van der Waals surface area contributed by atoms with Crippen LogP contribution in [0.3, 0.4) is 0 Å². The van der Waals surface area contributed by atoms with Crippen LogP contribution in [-0.2, 0) is 4.79 Å². The van der Waals surface area contributed by atoms with Gasteiger partial charge in [0.05, 0.1) is 22.7 Å². The zero-order valence-corrected chi connectivity index (χ0v) is 15.2. The SMILES string of the molecule is COc1cc(/C=C2/SC(=Nc3cc(Cl)ccc3Cl)NC2=O)ccc1O. The van der Waals surface area contributed by atoms with Gasteiger partial charge in [-0.2, -0.15) is 0 Å². The molecule has 8 heteroatoms. The topological polar surface area (TPSA) is 70.9 Å². The number of hydrogen-bond acceptors (Lipinski definition) is 5. The van der Waals surface area contributed by atoms with Gasteiger partial charge in [-0.3, -0.25) is 4.79 Å². The van der Waals surface area contributed by atoms with Gasteiger partial charge in [0.1, 0.15) is 0 Å². The van der Waals surface area contributed by atoms with Crippen molar-refractivity contribution in [1.82, 2.24) is 5.32 Å². The van der Waals surface area contributed by atoms with Crippen LogP contribution in [-0.4, -0.2) is 23.3 Å². The standard InChI is InChI=1S/C17H12Cl2N2O3S/c1-24-14-6-9(2-5-13(14)22)7-15-16(23)21-17(25-15)20-12-8-10(18)3-4-11(12)19/h2-8,22H,1H3,(H,20,21,23)/b15-7+. The highest BCUT2D eigenvalue weighted by Gasteiger charge is 2.24. The molecule has 1 saturated heterocycles. The Kier molecular flexibility index (Phi) is 5.22. The molecule has 0 unspecified atom stereocenters. The molecule has 5 nitrogen and oxygen atoms in total. The van der Waals surface area contributed by atoms with Crippen LogP contribution in [0.2, 0.25) is 10.0 Å². The molecule has 2 aromatic rings. The van der Waals surface area contributed by atoms with E-state index in [0.29, 0.717) is 37.1 Å². The number of methoxy groups -OCH3 is 1. The summed E-state index contributed by atoms with van der Waals surface area (Å²) in [6.45, 7) is 0. The Morgan fingerprint density at radius 1 is 1.24 bits per heavy atom. The van der Waals surface area contributed by atoms with Crippen molar-refractivity contribution in [2.24, 2.45) is 4.99 Å². The summed E-state index contributed by atoms with van der Waals surface area (Å²) < 4.78 is 5.06. The van der Waals surface area contributed by atoms with Crippen LogP contribution in [0.25, 0.3) is 6.08 Å². The normalized spacial score (nSPS) is 17.2. The molecule has 0 aromatic heterocycles. The van der Waals surface area contributed by atoms with E-state index in [1.165, 1.54) is 24.9 Å². The average molecular weight is 395 g/mol. The third-order valence-corrected chi connectivity index (χ3v) is 4.75. The quantitative estimate of drug-likeness (QED) is 0.746. The number of aliphatic imine (C=N–C) groups is 1. The molecule has 2 N–H and O–H groups in total. The maximum absolute atomic E-state index is 12.1. The van der Waals surface area contributed by atoms with E-state index in [4.69, 9.17) is 27.9 Å². The van der Waals surface area contributed by atoms with Gasteiger partial charge in [0.15, 0.2) is 16.7 Å². The Morgan fingerprint density at radius 3 is 2.80 bits per heavy atom. The molecule has 1 amide bonds. The van der Waals surface area contributed by atoms with Crippen molar-refractivity contribution in [3.05, 3.63) is 56.9 Å². The zero-order chi connectivity index (χ0) is 18.0. The number of thioether (sulfide) groups is 1. The minimum atomic E-state index is -0.269. The van der Waals surface area contributed by atoms with Crippen LogP contribution in [0, 0.1) is 0 Å². The van der Waals surface area contributed by atoms with Crippen LogP contribution in [0.1, 0.15) is 5.56 Å². The average Bonchev–Trinajstić information content (AvgIpc) is 2.92. The first-order chi connectivity index (χ1) is 12.0. The fourth-order valence-electron chi connectivity index (χ4n) is 2.10. The van der Waals surface area contributed by atoms with Crippen molar-refractivity contribution in [1.29, 1.82) is 0 Å². The van der Waals surface area contributed by atoms with Crippen LogP contribution in [0.15, 0.2) is 46.3 Å². The van der Waals surface area contributed by atoms with Gasteiger partial charge >= 0.3 is 0 Å². The molecule has 2 aromatic carbocycles. The molecule has 0 aliphatic carbocycles. The number of benzene rings is 2. The number of hydrogen-bond donors (Lipinski definition) is 2. The molecule has 1 heterocycles. The Labute approximate surface area is 158 Å². The summed E-state index contributed by atoms with van der Waals surface area (Å²) in [4.78, 5) is 16.9. The summed E-state index contributed by atoms with van der Waals surface area (Å²) in [5, 5.41) is 13.7. The van der Waals surface area contributed by atoms with E-state index in [1.54, 1.807) is 36.4 Å². The molecule has 0 bridgehead atoms. The number of carbonyl (C=O) groups is 1. The second kappa shape index (κ2) is 7.39. The lowest BCUT2D eigenvalue weighted by molar-refractivity contribution is -0.115. The van der Waals surface area contributed by atoms with E-state index < -0.39 is 0 Å². The van der Waals surface area contributed by atoms with Crippen molar-refractivity contribution in [3.8, 4) is 11.5 Å². The largest absolute Gasteiger partial charge is 0.504 e. The summed E-state index contributed by atoms with van der Waals surface area (Å²) >= 11 is 13.2. The maximum Gasteiger partial charge on any atom is 0.264 e. The van der Waals surface area contributed by atoms with E-state index in [-0.39, 0.29) is 11.7 Å². The number of halogens is 2. The van der Waals surface area contributed by atoms with Crippen molar-refractivity contribution in [3.63, 3.8) is 0 Å². The fourth-order valence-corrected chi connectivity index (χ4v) is 3.26. The molecule has 3 rings (SSSR count). The van der Waals surface area contributed by atoms with Gasteiger partial charge in [0, 0.05) is 5.02 Å². The molecule has 1 aliphatic heterocycles. The lowest BCUT2D eigenvalue weighted by Crippen LogP contribution is -2.19. The Bertz CT molecular complexity index is 913. The molecule has 1 fully saturated rings. The third-order valence-electron chi connectivity index (χ3n) is 3.28. The van der Waals surface area contributed by atoms with E-state index >= 15 is 0 Å². The smallest absolute Gasteiger partial charge is 0.264 e. The highest BCUT2D eigenvalue weighted by molar-refractivity contribution is 8.18. The van der Waals surface area contributed by atoms with Crippen molar-refractivity contribution < 1.29 is 14.6 Å². The highest BCUT2D eigenvalue weighted by Crippen LogP contribution is 2.33. The number of nitrogens with one attached hydrogen (secondary N) is 1. The van der Waals surface area contributed by atoms with Crippen LogP contribution < -0.4 is 10.1 Å². The lowest BCUT2D eigenvalue weighted by Gasteiger charge is -2.03. The second-order valence-electron chi connectivity index (χ2n) is 5.01. The van der Waals surface area contributed by atoms with Gasteiger partial charge in [-0.05, 0) is 53.7 Å². The number of ether oxygens (including phenoxy) is 1. The highest BCUT2D eigenvalue weighted by atomic mass is 35.5. The number of amides is 1. The fraction of sp³-hybridized carbons (Fsp3) is 0.0588. The van der Waals surface area contributed by atoms with Gasteiger partial charge in [0.25, 0.3) is 5.91 Å². The van der Waals surface area contributed by atoms with Crippen molar-refractivity contribution in [2.45, 2.75) is 0 Å². The summed E-state index contributed by atoms with van der Waals surface area (Å²) in [6.07, 6.45) is 1.68. The number of carbonyl (C=O) groups excluding carboxylic acids is 1. The summed E-state index contributed by atoms with van der Waals surface area (Å²) in [5.74, 6) is 0.0947. The molecule has 128 valence electrons. The minimum Gasteiger partial charge on any atom is -0.504 e. The first-order valence-electron chi connectivity index (χ1n) is 7.08. The number of phenols is 1. The molecular formula is C17H12Cl2N2O3S. The lowest BCUT2D eigenvalue weighted by atomic mass is 10.2. The molecule has 1 aliphatic rings. The van der Waals surface area contributed by atoms with Gasteiger partial charge < -0.3 is 15.2 Å². The van der Waals surface area contributed by atoms with Crippen LogP contribution in [0.4, 0.5) is 5.69 Å². The minimum absolute atomic E-state index is 0.0334. The monoisotopic (exact) mass is 394 g/mol. The van der Waals surface area contributed by atoms with Crippen LogP contribution >= 0.6 is 35.0 Å². The van der Waals surface area contributed by atoms with Gasteiger partial charge in [-0.25, -0.2) is 4.99 Å². The predicted octanol–water partition coefficient (Wildman–Crippen LogP) is 4.60. The Morgan fingerprint density at radius 2 is 2.04 bits per heavy atom. The van der Waals surface area contributed by atoms with Gasteiger partial charge in [-0.15, -0.1) is 0 Å². The van der Waals surface area contributed by atoms with Gasteiger partial charge in [0.2, 0.25) is 0 Å². The van der Waals surface area contributed by atoms with E-state index in [0.717, 1.165) is 0 Å². The van der Waals surface area contributed by atoms with E-state index in [2.05, 4.69) is 10.3 Å². The summed E-state index contributed by atoms with van der Waals surface area (Å²) in [6, 6.07) is 9.75. The number of phenolic OH excluding ortho intramolecular Hbond substituents is 1. The molecular weight excluding hydrogens is 383 g/mol. The molecule has 0 saturated carbocycles. The van der Waals surface area contributed by atoms with Gasteiger partial charge in [-0.1, -0.05) is 29.3 Å². The van der Waals surface area contributed by atoms with Crippen molar-refractivity contribution in [2.75, 3.05) is 7.11 Å². The van der Waals surface area contributed by atoms with Crippen molar-refractivity contribution >= 4 is 57.8 Å². The predicted molar refractivity (Wildman–Crippen MR) is 102 cm³/mol. The Balaban J connectivity index is 1.87. The molecule has 25 heavy (non-hydrogen) atoms. The summed E-state index contributed by atoms with van der Waals surface area (Å²) in [5.41, 5.74) is 1.19. The number of rotatable bonds is 3. The first kappa shape index (κ1) is 17.7. The zero-order valence-electron chi connectivity index (χ0n) is 12.9. The van der Waals surface area contributed by atoms with E-state index in [1.807, 2.05) is 0 Å². The number of amidine groups is 1. The summed E-state index contributed by atoms with van der Waals surface area (Å²) in [7, 11) is 1.46. The van der Waals surface area contributed by atoms with E-state index in [9.17, 15) is 9.90 Å². The molecule has 0 atom stereocenters. The number of nitrogens with zero attached hydrogens (tertiary/aromatic N) is 1. The molecule has 0 spiro atoms. The Hall–Kier alpha value is -2.15. The first-order valence-corrected chi connectivity index (χ1v) is 8.65. The maximum atomic E-state index is 12.1. The number of aromatic hydroxyl groups is 1. The third kappa shape index (κ3) is 4.10.